The van der Waals surface area contributed by atoms with Crippen molar-refractivity contribution < 1.29 is 14.7 Å². The minimum Gasteiger partial charge on any atom is -0.475 e. The SMILES string of the molecule is CCCCOCCOc1ncccc1/C(N)=N/O. The summed E-state index contributed by atoms with van der Waals surface area (Å²) in [6.07, 6.45) is 3.73. The summed E-state index contributed by atoms with van der Waals surface area (Å²) in [6.45, 7) is 3.71. The van der Waals surface area contributed by atoms with E-state index in [0.717, 1.165) is 19.4 Å². The Morgan fingerprint density at radius 3 is 3.00 bits per heavy atom. The van der Waals surface area contributed by atoms with Crippen LogP contribution in [0.1, 0.15) is 25.3 Å². The molecule has 1 rings (SSSR count). The number of hydrogen-bond acceptors (Lipinski definition) is 5. The first kappa shape index (κ1) is 14.2. The molecule has 1 aromatic rings. The van der Waals surface area contributed by atoms with Crippen LogP contribution in [0.15, 0.2) is 23.5 Å². The minimum atomic E-state index is -0.0231. The summed E-state index contributed by atoms with van der Waals surface area (Å²) in [5.41, 5.74) is 5.98. The fourth-order valence-corrected chi connectivity index (χ4v) is 1.30. The minimum absolute atomic E-state index is 0.0231. The highest BCUT2D eigenvalue weighted by molar-refractivity contribution is 5.98. The van der Waals surface area contributed by atoms with E-state index < -0.39 is 0 Å². The highest BCUT2D eigenvalue weighted by Crippen LogP contribution is 2.13. The number of unbranched alkanes of at least 4 members (excludes halogenated alkanes) is 1. The lowest BCUT2D eigenvalue weighted by Gasteiger charge is -2.09. The van der Waals surface area contributed by atoms with Gasteiger partial charge in [0.25, 0.3) is 0 Å². The molecule has 6 heteroatoms. The predicted octanol–water partition coefficient (Wildman–Crippen LogP) is 1.37. The van der Waals surface area contributed by atoms with Gasteiger partial charge in [-0.3, -0.25) is 0 Å². The third kappa shape index (κ3) is 4.58. The maximum Gasteiger partial charge on any atom is 0.224 e. The maximum absolute atomic E-state index is 8.64. The van der Waals surface area contributed by atoms with Gasteiger partial charge in [0.1, 0.15) is 6.61 Å². The summed E-state index contributed by atoms with van der Waals surface area (Å²) >= 11 is 0. The smallest absolute Gasteiger partial charge is 0.224 e. The van der Waals surface area contributed by atoms with E-state index in [0.29, 0.717) is 24.7 Å². The van der Waals surface area contributed by atoms with Gasteiger partial charge in [-0.1, -0.05) is 18.5 Å². The third-order valence-corrected chi connectivity index (χ3v) is 2.26. The van der Waals surface area contributed by atoms with Crippen LogP contribution < -0.4 is 10.5 Å². The van der Waals surface area contributed by atoms with Crippen molar-refractivity contribution >= 4 is 5.84 Å². The van der Waals surface area contributed by atoms with Crippen LogP contribution in [0.2, 0.25) is 0 Å². The number of oxime groups is 1. The Bertz CT molecular complexity index is 383. The average Bonchev–Trinajstić information content (AvgIpc) is 2.42. The lowest BCUT2D eigenvalue weighted by atomic mass is 10.2. The second-order valence-electron chi connectivity index (χ2n) is 3.66. The first-order valence-electron chi connectivity index (χ1n) is 5.93. The number of aromatic nitrogens is 1. The number of nitrogens with two attached hydrogens (primary N) is 1. The van der Waals surface area contributed by atoms with Crippen LogP contribution in [-0.4, -0.2) is 35.8 Å². The number of pyridine rings is 1. The second-order valence-corrected chi connectivity index (χ2v) is 3.66. The van der Waals surface area contributed by atoms with E-state index in [2.05, 4.69) is 17.1 Å². The van der Waals surface area contributed by atoms with Crippen molar-refractivity contribution in [1.82, 2.24) is 4.98 Å². The van der Waals surface area contributed by atoms with Crippen LogP contribution >= 0.6 is 0 Å². The van der Waals surface area contributed by atoms with Crippen molar-refractivity contribution in [2.75, 3.05) is 19.8 Å². The maximum atomic E-state index is 8.64. The lowest BCUT2D eigenvalue weighted by molar-refractivity contribution is 0.0964. The molecule has 0 saturated heterocycles. The summed E-state index contributed by atoms with van der Waals surface area (Å²) in [5.74, 6) is 0.317. The zero-order chi connectivity index (χ0) is 13.2. The molecular weight excluding hydrogens is 234 g/mol. The molecule has 0 aromatic carbocycles. The molecule has 3 N–H and O–H groups in total. The molecule has 100 valence electrons. The molecule has 0 bridgehead atoms. The molecule has 0 atom stereocenters. The molecule has 1 aromatic heterocycles. The van der Waals surface area contributed by atoms with Gasteiger partial charge in [-0.15, -0.1) is 0 Å². The second kappa shape index (κ2) is 8.30. The van der Waals surface area contributed by atoms with Crippen molar-refractivity contribution in [3.63, 3.8) is 0 Å². The largest absolute Gasteiger partial charge is 0.475 e. The standard InChI is InChI=1S/C12H19N3O3/c1-2-3-7-17-8-9-18-12-10(11(13)15-16)5-4-6-14-12/h4-6,16H,2-3,7-9H2,1H3,(H2,13,15). The van der Waals surface area contributed by atoms with E-state index in [4.69, 9.17) is 20.4 Å². The van der Waals surface area contributed by atoms with E-state index in [1.807, 2.05) is 0 Å². The van der Waals surface area contributed by atoms with Crippen molar-refractivity contribution in [2.24, 2.45) is 10.9 Å². The molecule has 0 spiro atoms. The average molecular weight is 253 g/mol. The molecule has 6 nitrogen and oxygen atoms in total. The van der Waals surface area contributed by atoms with Crippen molar-refractivity contribution in [1.29, 1.82) is 0 Å². The molecule has 1 heterocycles. The molecule has 0 aliphatic carbocycles. The molecule has 0 unspecified atom stereocenters. The quantitative estimate of drug-likeness (QED) is 0.240. The van der Waals surface area contributed by atoms with E-state index in [1.54, 1.807) is 18.3 Å². The first-order valence-corrected chi connectivity index (χ1v) is 5.93. The highest BCUT2D eigenvalue weighted by atomic mass is 16.5. The highest BCUT2D eigenvalue weighted by Gasteiger charge is 2.08. The Balaban J connectivity index is 2.42. The molecule has 0 fully saturated rings. The van der Waals surface area contributed by atoms with Crippen LogP contribution in [-0.2, 0) is 4.74 Å². The molecule has 0 aliphatic rings. The van der Waals surface area contributed by atoms with Gasteiger partial charge in [-0.05, 0) is 18.6 Å². The summed E-state index contributed by atoms with van der Waals surface area (Å²) in [4.78, 5) is 4.03. The van der Waals surface area contributed by atoms with Gasteiger partial charge in [-0.25, -0.2) is 4.98 Å². The zero-order valence-corrected chi connectivity index (χ0v) is 10.5. The van der Waals surface area contributed by atoms with Crippen molar-refractivity contribution in [2.45, 2.75) is 19.8 Å². The summed E-state index contributed by atoms with van der Waals surface area (Å²) < 4.78 is 10.8. The monoisotopic (exact) mass is 253 g/mol. The Labute approximate surface area is 106 Å². The Morgan fingerprint density at radius 2 is 2.28 bits per heavy atom. The van der Waals surface area contributed by atoms with Crippen molar-refractivity contribution in [3.05, 3.63) is 23.9 Å². The Hall–Kier alpha value is -1.82. The number of ether oxygens (including phenoxy) is 2. The van der Waals surface area contributed by atoms with E-state index >= 15 is 0 Å². The van der Waals surface area contributed by atoms with Crippen LogP contribution in [0.5, 0.6) is 5.88 Å². The van der Waals surface area contributed by atoms with Gasteiger partial charge in [0.2, 0.25) is 5.88 Å². The molecule has 0 amide bonds. The third-order valence-electron chi connectivity index (χ3n) is 2.26. The van der Waals surface area contributed by atoms with Gasteiger partial charge in [0.05, 0.1) is 12.2 Å². The fraction of sp³-hybridized carbons (Fsp3) is 0.500. The summed E-state index contributed by atoms with van der Waals surface area (Å²) in [7, 11) is 0. The lowest BCUT2D eigenvalue weighted by Crippen LogP contribution is -2.17. The molecule has 0 saturated carbocycles. The van der Waals surface area contributed by atoms with E-state index in [9.17, 15) is 0 Å². The molecule has 18 heavy (non-hydrogen) atoms. The van der Waals surface area contributed by atoms with Gasteiger partial charge in [0.15, 0.2) is 5.84 Å². The number of rotatable bonds is 8. The summed E-state index contributed by atoms with van der Waals surface area (Å²) in [6, 6.07) is 3.37. The first-order chi connectivity index (χ1) is 8.79. The number of nitrogens with zero attached hydrogens (tertiary/aromatic N) is 2. The Morgan fingerprint density at radius 1 is 1.44 bits per heavy atom. The predicted molar refractivity (Wildman–Crippen MR) is 68.0 cm³/mol. The van der Waals surface area contributed by atoms with Gasteiger partial charge >= 0.3 is 0 Å². The van der Waals surface area contributed by atoms with Gasteiger partial charge in [-0.2, -0.15) is 0 Å². The van der Waals surface area contributed by atoms with Crippen molar-refractivity contribution in [3.8, 4) is 5.88 Å². The van der Waals surface area contributed by atoms with Crippen LogP contribution in [0.25, 0.3) is 0 Å². The molecular formula is C12H19N3O3. The van der Waals surface area contributed by atoms with E-state index in [-0.39, 0.29) is 5.84 Å². The number of hydrogen-bond donors (Lipinski definition) is 2. The van der Waals surface area contributed by atoms with E-state index in [1.165, 1.54) is 0 Å². The van der Waals surface area contributed by atoms with Crippen LogP contribution in [0.4, 0.5) is 0 Å². The van der Waals surface area contributed by atoms with Gasteiger partial charge < -0.3 is 20.4 Å². The fourth-order valence-electron chi connectivity index (χ4n) is 1.30. The zero-order valence-electron chi connectivity index (χ0n) is 10.5. The normalized spacial score (nSPS) is 11.5. The summed E-state index contributed by atoms with van der Waals surface area (Å²) in [5, 5.41) is 11.6. The topological polar surface area (TPSA) is 90.0 Å². The van der Waals surface area contributed by atoms with Crippen LogP contribution in [0.3, 0.4) is 0 Å². The molecule has 0 aliphatic heterocycles. The Kier molecular flexibility index (Phi) is 6.56. The molecule has 0 radical (unpaired) electrons. The van der Waals surface area contributed by atoms with Gasteiger partial charge in [0, 0.05) is 12.8 Å². The number of amidine groups is 1. The van der Waals surface area contributed by atoms with Crippen LogP contribution in [0, 0.1) is 0 Å².